The first-order chi connectivity index (χ1) is 14.1. The van der Waals surface area contributed by atoms with Gasteiger partial charge in [0.05, 0.1) is 28.6 Å². The monoisotopic (exact) mass is 453 g/mol. The van der Waals surface area contributed by atoms with E-state index >= 15 is 0 Å². The minimum Gasteiger partial charge on any atom is -0.387 e. The van der Waals surface area contributed by atoms with Crippen LogP contribution in [0.2, 0.25) is 5.02 Å². The first-order valence-electron chi connectivity index (χ1n) is 9.47. The molecule has 8 nitrogen and oxygen atoms in total. The summed E-state index contributed by atoms with van der Waals surface area (Å²) in [6, 6.07) is 1.05. The molecule has 3 aromatic heterocycles. The van der Waals surface area contributed by atoms with Crippen molar-refractivity contribution in [2.45, 2.75) is 37.3 Å². The largest absolute Gasteiger partial charge is 0.387 e. The van der Waals surface area contributed by atoms with Gasteiger partial charge in [0.15, 0.2) is 17.5 Å². The summed E-state index contributed by atoms with van der Waals surface area (Å²) in [5, 5.41) is 15.1. The molecule has 2 unspecified atom stereocenters. The third-order valence-corrected chi connectivity index (χ3v) is 6.54. The summed E-state index contributed by atoms with van der Waals surface area (Å²) in [5.74, 6) is -0.939. The topological polar surface area (TPSA) is 121 Å². The number of H-pyrrole nitrogens is 1. The van der Waals surface area contributed by atoms with Gasteiger partial charge in [-0.15, -0.1) is 0 Å². The first kappa shape index (κ1) is 21.0. The van der Waals surface area contributed by atoms with Crippen LogP contribution in [0.15, 0.2) is 24.7 Å². The van der Waals surface area contributed by atoms with Gasteiger partial charge in [-0.2, -0.15) is 0 Å². The van der Waals surface area contributed by atoms with E-state index in [1.165, 1.54) is 6.20 Å². The van der Waals surface area contributed by atoms with E-state index in [1.54, 1.807) is 12.3 Å². The quantitative estimate of drug-likeness (QED) is 0.543. The van der Waals surface area contributed by atoms with Crippen molar-refractivity contribution < 1.29 is 17.9 Å². The summed E-state index contributed by atoms with van der Waals surface area (Å²) in [6.45, 7) is 0. The Morgan fingerprint density at radius 1 is 1.37 bits per heavy atom. The Morgan fingerprint density at radius 2 is 2.17 bits per heavy atom. The molecule has 3 aromatic rings. The summed E-state index contributed by atoms with van der Waals surface area (Å²) >= 11 is 6.04. The molecule has 3 heterocycles. The van der Waals surface area contributed by atoms with Gasteiger partial charge in [0.25, 0.3) is 0 Å². The van der Waals surface area contributed by atoms with Crippen molar-refractivity contribution in [3.05, 3.63) is 35.5 Å². The average Bonchev–Trinajstić information content (AvgIpc) is 3.07. The van der Waals surface area contributed by atoms with Gasteiger partial charge >= 0.3 is 0 Å². The summed E-state index contributed by atoms with van der Waals surface area (Å²) < 4.78 is 38.2. The van der Waals surface area contributed by atoms with Crippen molar-refractivity contribution >= 4 is 38.3 Å². The number of hydrogen-bond donors (Lipinski definition) is 3. The maximum absolute atomic E-state index is 14.5. The number of nitrogens with zero attached hydrogens (tertiary/aromatic N) is 3. The molecule has 0 radical (unpaired) electrons. The second-order valence-electron chi connectivity index (χ2n) is 7.76. The number of sulfone groups is 1. The zero-order chi connectivity index (χ0) is 21.5. The molecule has 0 bridgehead atoms. The molecule has 1 aliphatic carbocycles. The Labute approximate surface area is 177 Å². The highest BCUT2D eigenvalue weighted by atomic mass is 35.5. The summed E-state index contributed by atoms with van der Waals surface area (Å²) in [7, 11) is -3.43. The van der Waals surface area contributed by atoms with Crippen LogP contribution in [0.5, 0.6) is 0 Å². The van der Waals surface area contributed by atoms with Gasteiger partial charge in [-0.25, -0.2) is 27.8 Å². The smallest absolute Gasteiger partial charge is 0.183 e. The second-order valence-corrected chi connectivity index (χ2v) is 10.3. The Balaban J connectivity index is 1.69. The van der Waals surface area contributed by atoms with Gasteiger partial charge in [-0.1, -0.05) is 24.4 Å². The molecule has 1 saturated carbocycles. The Hall–Kier alpha value is -2.30. The van der Waals surface area contributed by atoms with Gasteiger partial charge < -0.3 is 15.4 Å². The Kier molecular flexibility index (Phi) is 5.41. The molecule has 0 saturated heterocycles. The van der Waals surface area contributed by atoms with Crippen molar-refractivity contribution in [3.63, 3.8) is 0 Å². The van der Waals surface area contributed by atoms with Crippen LogP contribution < -0.4 is 5.32 Å². The van der Waals surface area contributed by atoms with Gasteiger partial charge in [-0.3, -0.25) is 0 Å². The molecule has 2 atom stereocenters. The van der Waals surface area contributed by atoms with Gasteiger partial charge in [-0.05, 0) is 18.9 Å². The van der Waals surface area contributed by atoms with Crippen LogP contribution in [-0.4, -0.2) is 57.1 Å². The SMILES string of the molecule is CS(=O)(=O)CC1(O)CCCCC1Nc1nc(-c2c[nH]c3ncc(Cl)cc23)ncc1F. The number of rotatable bonds is 5. The molecule has 1 fully saturated rings. The number of pyridine rings is 1. The minimum absolute atomic E-state index is 0.0943. The van der Waals surface area contributed by atoms with Crippen molar-refractivity contribution in [2.24, 2.45) is 0 Å². The first-order valence-corrected chi connectivity index (χ1v) is 11.9. The zero-order valence-electron chi connectivity index (χ0n) is 16.2. The van der Waals surface area contributed by atoms with Crippen molar-refractivity contribution in [3.8, 4) is 11.4 Å². The van der Waals surface area contributed by atoms with E-state index in [0.717, 1.165) is 18.9 Å². The predicted molar refractivity (Wildman–Crippen MR) is 113 cm³/mol. The fourth-order valence-electron chi connectivity index (χ4n) is 3.98. The van der Waals surface area contributed by atoms with Crippen LogP contribution in [0.3, 0.4) is 0 Å². The van der Waals surface area contributed by atoms with E-state index in [0.29, 0.717) is 40.9 Å². The number of anilines is 1. The van der Waals surface area contributed by atoms with E-state index in [1.807, 2.05) is 0 Å². The van der Waals surface area contributed by atoms with Crippen LogP contribution >= 0.6 is 11.6 Å². The number of aromatic amines is 1. The third-order valence-electron chi connectivity index (χ3n) is 5.31. The van der Waals surface area contributed by atoms with E-state index in [9.17, 15) is 17.9 Å². The van der Waals surface area contributed by atoms with E-state index in [2.05, 4.69) is 25.3 Å². The molecule has 160 valence electrons. The number of aromatic nitrogens is 4. The molecule has 0 amide bonds. The molecule has 3 N–H and O–H groups in total. The lowest BCUT2D eigenvalue weighted by atomic mass is 9.81. The maximum atomic E-state index is 14.5. The van der Waals surface area contributed by atoms with Crippen LogP contribution in [0.25, 0.3) is 22.4 Å². The highest BCUT2D eigenvalue weighted by Crippen LogP contribution is 2.33. The third kappa shape index (κ3) is 4.26. The van der Waals surface area contributed by atoms with Gasteiger partial charge in [0, 0.05) is 29.6 Å². The highest BCUT2D eigenvalue weighted by Gasteiger charge is 2.42. The summed E-state index contributed by atoms with van der Waals surface area (Å²) in [5.41, 5.74) is -0.313. The van der Waals surface area contributed by atoms with Gasteiger partial charge in [0.1, 0.15) is 15.5 Å². The summed E-state index contributed by atoms with van der Waals surface area (Å²) in [4.78, 5) is 15.6. The molecular formula is C19H21ClFN5O3S. The number of halogens is 2. The minimum atomic E-state index is -3.43. The predicted octanol–water partition coefficient (Wildman–Crippen LogP) is 2.94. The van der Waals surface area contributed by atoms with Crippen molar-refractivity contribution in [2.75, 3.05) is 17.3 Å². The molecule has 0 aromatic carbocycles. The van der Waals surface area contributed by atoms with Crippen LogP contribution in [0, 0.1) is 5.82 Å². The highest BCUT2D eigenvalue weighted by molar-refractivity contribution is 7.90. The molecule has 0 aliphatic heterocycles. The van der Waals surface area contributed by atoms with Gasteiger partial charge in [0.2, 0.25) is 0 Å². The lowest BCUT2D eigenvalue weighted by Gasteiger charge is -2.40. The lowest BCUT2D eigenvalue weighted by molar-refractivity contribution is 0.0136. The fourth-order valence-corrected chi connectivity index (χ4v) is 5.39. The molecule has 30 heavy (non-hydrogen) atoms. The van der Waals surface area contributed by atoms with E-state index in [4.69, 9.17) is 11.6 Å². The standard InChI is InChI=1S/C19H21ClFN5O3S/c1-30(28,29)10-19(27)5-3-2-4-15(19)25-18-14(21)9-24-17(26-18)13-8-23-16-12(13)6-11(20)7-22-16/h6-9,15,27H,2-5,10H2,1H3,(H,22,23)(H,24,25,26). The number of hydrogen-bond acceptors (Lipinski definition) is 7. The molecule has 4 rings (SSSR count). The number of fused-ring (bicyclic) bond motifs is 1. The van der Waals surface area contributed by atoms with E-state index in [-0.39, 0.29) is 11.6 Å². The normalized spacial score (nSPS) is 22.3. The molecular weight excluding hydrogens is 433 g/mol. The molecule has 0 spiro atoms. The van der Waals surface area contributed by atoms with E-state index < -0.39 is 33.1 Å². The van der Waals surface area contributed by atoms with Crippen LogP contribution in [-0.2, 0) is 9.84 Å². The molecule has 11 heteroatoms. The van der Waals surface area contributed by atoms with Crippen LogP contribution in [0.4, 0.5) is 10.2 Å². The van der Waals surface area contributed by atoms with Crippen molar-refractivity contribution in [1.29, 1.82) is 0 Å². The Bertz CT molecular complexity index is 1200. The zero-order valence-corrected chi connectivity index (χ0v) is 17.8. The molecule has 1 aliphatic rings. The maximum Gasteiger partial charge on any atom is 0.183 e. The average molecular weight is 454 g/mol. The second kappa shape index (κ2) is 7.75. The van der Waals surface area contributed by atoms with Crippen molar-refractivity contribution in [1.82, 2.24) is 19.9 Å². The number of nitrogens with one attached hydrogen (secondary N) is 2. The Morgan fingerprint density at radius 3 is 2.93 bits per heavy atom. The number of aliphatic hydroxyl groups is 1. The lowest BCUT2D eigenvalue weighted by Crippen LogP contribution is -2.53. The fraction of sp³-hybridized carbons (Fsp3) is 0.421. The summed E-state index contributed by atoms with van der Waals surface area (Å²) in [6.07, 6.45) is 7.58. The van der Waals surface area contributed by atoms with Crippen LogP contribution in [0.1, 0.15) is 25.7 Å².